The van der Waals surface area contributed by atoms with E-state index in [9.17, 15) is 15.6 Å². The average molecular weight is 355 g/mol. The van der Waals surface area contributed by atoms with Gasteiger partial charge in [-0.2, -0.15) is 10.5 Å². The summed E-state index contributed by atoms with van der Waals surface area (Å²) in [6.07, 6.45) is 0. The van der Waals surface area contributed by atoms with Gasteiger partial charge in [0.15, 0.2) is 17.1 Å². The first-order valence-electron chi connectivity index (χ1n) is 8.01. The predicted molar refractivity (Wildman–Crippen MR) is 100 cm³/mol. The minimum Gasteiger partial charge on any atom is -0.504 e. The van der Waals surface area contributed by atoms with Crippen LogP contribution < -0.4 is 10.5 Å². The molecule has 2 heterocycles. The lowest BCUT2D eigenvalue weighted by Crippen LogP contribution is -2.05. The summed E-state index contributed by atoms with van der Waals surface area (Å²) in [6, 6.07) is 16.2. The monoisotopic (exact) mass is 355 g/mol. The number of aromatic nitrogens is 2. The Morgan fingerprint density at radius 2 is 1.85 bits per heavy atom. The molecule has 0 atom stereocenters. The Kier molecular flexibility index (Phi) is 3.57. The quantitative estimate of drug-likeness (QED) is 0.570. The second-order valence-electron chi connectivity index (χ2n) is 5.88. The number of phenolic OH excluding ortho intramolecular Hbond substituents is 1. The van der Waals surface area contributed by atoms with Crippen LogP contribution in [0.4, 0.5) is 5.82 Å². The zero-order chi connectivity index (χ0) is 19.1. The number of methoxy groups -OCH3 is 1. The number of ether oxygens (including phenoxy) is 1. The van der Waals surface area contributed by atoms with Gasteiger partial charge in [0.25, 0.3) is 0 Å². The molecule has 7 heteroatoms. The lowest BCUT2D eigenvalue weighted by atomic mass is 9.96. The average Bonchev–Trinajstić information content (AvgIpc) is 3.07. The van der Waals surface area contributed by atoms with E-state index in [0.717, 1.165) is 0 Å². The number of para-hydroxylation sites is 2. The second-order valence-corrected chi connectivity index (χ2v) is 5.88. The van der Waals surface area contributed by atoms with Crippen LogP contribution in [0.3, 0.4) is 0 Å². The molecule has 130 valence electrons. The van der Waals surface area contributed by atoms with E-state index in [1.54, 1.807) is 16.5 Å². The highest BCUT2D eigenvalue weighted by Crippen LogP contribution is 2.38. The van der Waals surface area contributed by atoms with E-state index in [0.29, 0.717) is 27.8 Å². The molecule has 0 unspecified atom stereocenters. The molecule has 0 aliphatic heterocycles. The number of rotatable bonds is 2. The third-order valence-corrected chi connectivity index (χ3v) is 4.47. The molecule has 0 radical (unpaired) electrons. The molecule has 0 bridgehead atoms. The molecule has 0 amide bonds. The number of pyridine rings is 1. The summed E-state index contributed by atoms with van der Waals surface area (Å²) in [4.78, 5) is 4.53. The van der Waals surface area contributed by atoms with Gasteiger partial charge in [-0.25, -0.2) is 4.98 Å². The number of aromatic hydroxyl groups is 1. The van der Waals surface area contributed by atoms with Crippen molar-refractivity contribution in [2.75, 3.05) is 12.8 Å². The molecule has 0 aliphatic rings. The van der Waals surface area contributed by atoms with E-state index >= 15 is 0 Å². The molecule has 0 saturated heterocycles. The number of benzene rings is 2. The fourth-order valence-electron chi connectivity index (χ4n) is 3.27. The maximum absolute atomic E-state index is 10.1. The van der Waals surface area contributed by atoms with Crippen LogP contribution in [-0.4, -0.2) is 21.6 Å². The van der Waals surface area contributed by atoms with Gasteiger partial charge in [0.05, 0.1) is 18.1 Å². The molecule has 3 N–H and O–H groups in total. The summed E-state index contributed by atoms with van der Waals surface area (Å²) in [5.41, 5.74) is 9.20. The summed E-state index contributed by atoms with van der Waals surface area (Å²) in [5.74, 6) is 0.372. The Bertz CT molecular complexity index is 1310. The van der Waals surface area contributed by atoms with Crippen LogP contribution in [-0.2, 0) is 0 Å². The first-order chi connectivity index (χ1) is 13.1. The van der Waals surface area contributed by atoms with Crippen molar-refractivity contribution in [1.82, 2.24) is 9.38 Å². The van der Waals surface area contributed by atoms with Crippen molar-refractivity contribution in [3.63, 3.8) is 0 Å². The zero-order valence-electron chi connectivity index (χ0n) is 14.3. The highest BCUT2D eigenvalue weighted by atomic mass is 16.5. The van der Waals surface area contributed by atoms with Crippen molar-refractivity contribution >= 4 is 22.5 Å². The topological polar surface area (TPSA) is 120 Å². The summed E-state index contributed by atoms with van der Waals surface area (Å²) in [5, 5.41) is 29.7. The van der Waals surface area contributed by atoms with Gasteiger partial charge < -0.3 is 15.6 Å². The number of nitrogen functional groups attached to an aromatic ring is 1. The lowest BCUT2D eigenvalue weighted by Gasteiger charge is -2.13. The van der Waals surface area contributed by atoms with Crippen molar-refractivity contribution in [3.05, 3.63) is 53.6 Å². The van der Waals surface area contributed by atoms with Gasteiger partial charge in [0.2, 0.25) is 0 Å². The van der Waals surface area contributed by atoms with Crippen molar-refractivity contribution < 1.29 is 9.84 Å². The van der Waals surface area contributed by atoms with Gasteiger partial charge >= 0.3 is 0 Å². The predicted octanol–water partition coefficient (Wildman–Crippen LogP) is 3.19. The van der Waals surface area contributed by atoms with Crippen molar-refractivity contribution in [1.29, 1.82) is 10.5 Å². The Morgan fingerprint density at radius 1 is 1.11 bits per heavy atom. The number of imidazole rings is 1. The van der Waals surface area contributed by atoms with E-state index in [1.807, 2.05) is 24.3 Å². The van der Waals surface area contributed by atoms with Gasteiger partial charge in [-0.1, -0.05) is 18.2 Å². The minimum atomic E-state index is -0.102. The Morgan fingerprint density at radius 3 is 2.52 bits per heavy atom. The number of nitriles is 2. The largest absolute Gasteiger partial charge is 0.504 e. The van der Waals surface area contributed by atoms with E-state index in [1.165, 1.54) is 13.2 Å². The number of anilines is 1. The van der Waals surface area contributed by atoms with Gasteiger partial charge in [-0.05, 0) is 29.8 Å². The molecule has 0 fully saturated rings. The molecule has 2 aromatic carbocycles. The molecule has 0 saturated carbocycles. The molecular weight excluding hydrogens is 342 g/mol. The fraction of sp³-hybridized carbons (Fsp3) is 0.0500. The van der Waals surface area contributed by atoms with E-state index < -0.39 is 0 Å². The van der Waals surface area contributed by atoms with Crippen LogP contribution in [0.5, 0.6) is 11.5 Å². The third-order valence-electron chi connectivity index (χ3n) is 4.47. The maximum atomic E-state index is 10.1. The molecule has 7 nitrogen and oxygen atoms in total. The van der Waals surface area contributed by atoms with Crippen LogP contribution >= 0.6 is 0 Å². The van der Waals surface area contributed by atoms with Gasteiger partial charge in [0.1, 0.15) is 29.1 Å². The van der Waals surface area contributed by atoms with Crippen LogP contribution in [0.15, 0.2) is 42.5 Å². The molecule has 4 rings (SSSR count). The third kappa shape index (κ3) is 2.23. The SMILES string of the molecule is COc1ccc(-c2c(C#N)c(N)n3c(nc4ccccc43)c2C#N)cc1O. The number of hydrogen-bond donors (Lipinski definition) is 2. The number of nitrogens with zero attached hydrogens (tertiary/aromatic N) is 4. The fourth-order valence-corrected chi connectivity index (χ4v) is 3.27. The smallest absolute Gasteiger partial charge is 0.160 e. The van der Waals surface area contributed by atoms with Gasteiger partial charge in [-0.15, -0.1) is 0 Å². The van der Waals surface area contributed by atoms with E-state index in [-0.39, 0.29) is 28.4 Å². The van der Waals surface area contributed by atoms with E-state index in [2.05, 4.69) is 17.1 Å². The lowest BCUT2D eigenvalue weighted by molar-refractivity contribution is 0.373. The highest BCUT2D eigenvalue weighted by molar-refractivity contribution is 5.92. The molecule has 2 aromatic heterocycles. The number of phenols is 1. The maximum Gasteiger partial charge on any atom is 0.160 e. The van der Waals surface area contributed by atoms with Crippen molar-refractivity contribution in [3.8, 4) is 34.8 Å². The molecule has 0 spiro atoms. The number of fused-ring (bicyclic) bond motifs is 3. The number of hydrogen-bond acceptors (Lipinski definition) is 6. The first-order valence-corrected chi connectivity index (χ1v) is 8.01. The summed E-state index contributed by atoms with van der Waals surface area (Å²) >= 11 is 0. The van der Waals surface area contributed by atoms with Crippen LogP contribution in [0.1, 0.15) is 11.1 Å². The summed E-state index contributed by atoms with van der Waals surface area (Å²) in [7, 11) is 1.44. The number of nitrogens with two attached hydrogens (primary N) is 1. The minimum absolute atomic E-state index is 0.102. The Labute approximate surface area is 154 Å². The summed E-state index contributed by atoms with van der Waals surface area (Å²) < 4.78 is 6.67. The molecule has 4 aromatic rings. The highest BCUT2D eigenvalue weighted by Gasteiger charge is 2.23. The Balaban J connectivity index is 2.18. The van der Waals surface area contributed by atoms with Crippen LogP contribution in [0.2, 0.25) is 0 Å². The second kappa shape index (κ2) is 5.94. The normalized spacial score (nSPS) is 10.6. The molecule has 27 heavy (non-hydrogen) atoms. The zero-order valence-corrected chi connectivity index (χ0v) is 14.3. The molecular formula is C20H13N5O2. The first kappa shape index (κ1) is 16.2. The van der Waals surface area contributed by atoms with Crippen molar-refractivity contribution in [2.45, 2.75) is 0 Å². The summed E-state index contributed by atoms with van der Waals surface area (Å²) in [6.45, 7) is 0. The van der Waals surface area contributed by atoms with E-state index in [4.69, 9.17) is 10.5 Å². The van der Waals surface area contributed by atoms with Gasteiger partial charge in [0, 0.05) is 5.56 Å². The van der Waals surface area contributed by atoms with Crippen LogP contribution in [0, 0.1) is 22.7 Å². The molecule has 0 aliphatic carbocycles. The Hall–Kier alpha value is -4.23. The van der Waals surface area contributed by atoms with Gasteiger partial charge in [-0.3, -0.25) is 4.40 Å². The van der Waals surface area contributed by atoms with Crippen molar-refractivity contribution in [2.24, 2.45) is 0 Å². The van der Waals surface area contributed by atoms with Crippen LogP contribution in [0.25, 0.3) is 27.8 Å². The standard InChI is InChI=1S/C20H13N5O2/c1-27-17-7-6-11(8-16(17)26)18-12(9-21)19(23)25-15-5-3-2-4-14(15)24-20(25)13(18)10-22/h2-8,26H,23H2,1H3.